The Bertz CT molecular complexity index is 813. The number of ether oxygens (including phenoxy) is 1. The number of benzene rings is 2. The van der Waals surface area contributed by atoms with E-state index >= 15 is 0 Å². The van der Waals surface area contributed by atoms with Crippen molar-refractivity contribution >= 4 is 29.4 Å². The molecule has 5 nitrogen and oxygen atoms in total. The van der Waals surface area contributed by atoms with Crippen LogP contribution in [-0.2, 0) is 4.74 Å². The monoisotopic (exact) mass is 353 g/mol. The second-order valence-electron chi connectivity index (χ2n) is 5.29. The molecule has 0 aliphatic heterocycles. The summed E-state index contributed by atoms with van der Waals surface area (Å²) in [7, 11) is 0. The zero-order valence-corrected chi connectivity index (χ0v) is 14.0. The Kier molecular flexibility index (Phi) is 4.72. The van der Waals surface area contributed by atoms with Crippen LogP contribution in [0.5, 0.6) is 0 Å². The Morgan fingerprint density at radius 1 is 1.04 bits per heavy atom. The number of alkyl carbamates (subject to hydrolysis) is 1. The second-order valence-corrected chi connectivity index (χ2v) is 6.55. The van der Waals surface area contributed by atoms with Gasteiger partial charge in [-0.05, 0) is 12.1 Å². The number of ketones is 2. The zero-order valence-electron chi connectivity index (χ0n) is 13.2. The average Bonchev–Trinajstić information content (AvgIpc) is 2.83. The number of rotatable bonds is 5. The van der Waals surface area contributed by atoms with Gasteiger partial charge in [-0.2, -0.15) is 0 Å². The molecule has 0 bridgehead atoms. The summed E-state index contributed by atoms with van der Waals surface area (Å²) in [6.45, 7) is 3.67. The molecule has 1 amide bonds. The SMILES string of the molecule is C=CCNC(=O)OC1(Sc2ccccc2)C(=O)c2ccccc2C1=O. The number of carbonyl (C=O) groups excluding carboxylic acids is 3. The number of hydrogen-bond donors (Lipinski definition) is 1. The van der Waals surface area contributed by atoms with E-state index in [4.69, 9.17) is 4.74 Å². The molecular formula is C19H15NO4S. The first kappa shape index (κ1) is 17.0. The molecule has 1 aliphatic carbocycles. The summed E-state index contributed by atoms with van der Waals surface area (Å²) in [5, 5.41) is 2.44. The smallest absolute Gasteiger partial charge is 0.409 e. The minimum Gasteiger partial charge on any atom is -0.415 e. The first-order chi connectivity index (χ1) is 12.1. The number of fused-ring (bicyclic) bond motifs is 1. The predicted octanol–water partition coefficient (Wildman–Crippen LogP) is 3.47. The molecule has 2 aromatic carbocycles. The molecule has 3 rings (SSSR count). The largest absolute Gasteiger partial charge is 0.415 e. The number of hydrogen-bond acceptors (Lipinski definition) is 5. The number of nitrogens with one attached hydrogen (secondary N) is 1. The van der Waals surface area contributed by atoms with Gasteiger partial charge in [-0.15, -0.1) is 6.58 Å². The molecule has 0 atom stereocenters. The third-order valence-electron chi connectivity index (χ3n) is 3.65. The molecule has 126 valence electrons. The van der Waals surface area contributed by atoms with E-state index in [2.05, 4.69) is 11.9 Å². The lowest BCUT2D eigenvalue weighted by Crippen LogP contribution is -2.45. The summed E-state index contributed by atoms with van der Waals surface area (Å²) in [6, 6.07) is 15.4. The van der Waals surface area contributed by atoms with Crippen molar-refractivity contribution in [3.05, 3.63) is 78.4 Å². The number of carbonyl (C=O) groups is 3. The van der Waals surface area contributed by atoms with Crippen LogP contribution in [0.4, 0.5) is 4.79 Å². The minimum atomic E-state index is -1.96. The average molecular weight is 353 g/mol. The van der Waals surface area contributed by atoms with Gasteiger partial charge in [0.15, 0.2) is 0 Å². The molecule has 1 aliphatic rings. The summed E-state index contributed by atoms with van der Waals surface area (Å²) < 4.78 is 5.38. The van der Waals surface area contributed by atoms with E-state index in [0.717, 1.165) is 11.8 Å². The zero-order chi connectivity index (χ0) is 17.9. The highest BCUT2D eigenvalue weighted by Gasteiger charge is 2.57. The summed E-state index contributed by atoms with van der Waals surface area (Å²) in [5.74, 6) is -1.06. The van der Waals surface area contributed by atoms with Crippen LogP contribution in [0.2, 0.25) is 0 Å². The van der Waals surface area contributed by atoms with Gasteiger partial charge in [0.2, 0.25) is 11.6 Å². The first-order valence-corrected chi connectivity index (χ1v) is 8.40. The second kappa shape index (κ2) is 6.94. The number of amides is 1. The Balaban J connectivity index is 2.01. The van der Waals surface area contributed by atoms with Crippen LogP contribution in [-0.4, -0.2) is 29.1 Å². The molecule has 25 heavy (non-hydrogen) atoms. The molecule has 6 heteroatoms. The lowest BCUT2D eigenvalue weighted by molar-refractivity contribution is 0.0487. The molecular weight excluding hydrogens is 338 g/mol. The lowest BCUT2D eigenvalue weighted by atomic mass is 10.1. The van der Waals surface area contributed by atoms with Gasteiger partial charge in [0.05, 0.1) is 0 Å². The van der Waals surface area contributed by atoms with Gasteiger partial charge in [-0.3, -0.25) is 9.59 Å². The van der Waals surface area contributed by atoms with E-state index in [9.17, 15) is 14.4 Å². The van der Waals surface area contributed by atoms with Crippen molar-refractivity contribution in [2.75, 3.05) is 6.54 Å². The highest BCUT2D eigenvalue weighted by Crippen LogP contribution is 2.44. The van der Waals surface area contributed by atoms with Crippen LogP contribution in [0.25, 0.3) is 0 Å². The van der Waals surface area contributed by atoms with Crippen molar-refractivity contribution in [3.8, 4) is 0 Å². The molecule has 2 aromatic rings. The van der Waals surface area contributed by atoms with Gasteiger partial charge in [0.1, 0.15) is 0 Å². The fourth-order valence-electron chi connectivity index (χ4n) is 2.52. The molecule has 0 saturated heterocycles. The van der Waals surface area contributed by atoms with Crippen LogP contribution >= 0.6 is 11.8 Å². The molecule has 0 aromatic heterocycles. The summed E-state index contributed by atoms with van der Waals surface area (Å²) in [6.07, 6.45) is 0.628. The van der Waals surface area contributed by atoms with E-state index in [1.54, 1.807) is 48.5 Å². The molecule has 0 heterocycles. The van der Waals surface area contributed by atoms with Crippen LogP contribution in [0.1, 0.15) is 20.7 Å². The molecule has 0 spiro atoms. The van der Waals surface area contributed by atoms with Gasteiger partial charge in [-0.25, -0.2) is 4.79 Å². The van der Waals surface area contributed by atoms with Crippen molar-refractivity contribution < 1.29 is 19.1 Å². The third kappa shape index (κ3) is 3.08. The summed E-state index contributed by atoms with van der Waals surface area (Å²) in [4.78, 5) is 36.7. The van der Waals surface area contributed by atoms with Crippen LogP contribution in [0.3, 0.4) is 0 Å². The van der Waals surface area contributed by atoms with E-state index in [1.165, 1.54) is 6.08 Å². The lowest BCUT2D eigenvalue weighted by Gasteiger charge is -2.25. The highest BCUT2D eigenvalue weighted by molar-refractivity contribution is 8.02. The van der Waals surface area contributed by atoms with Gasteiger partial charge in [-0.1, -0.05) is 60.3 Å². The minimum absolute atomic E-state index is 0.167. The molecule has 1 N–H and O–H groups in total. The third-order valence-corrected chi connectivity index (χ3v) is 4.90. The van der Waals surface area contributed by atoms with Crippen LogP contribution in [0.15, 0.2) is 72.1 Å². The molecule has 0 radical (unpaired) electrons. The molecule has 0 fully saturated rings. The van der Waals surface area contributed by atoms with E-state index in [1.807, 2.05) is 6.07 Å². The normalized spacial score (nSPS) is 14.7. The van der Waals surface area contributed by atoms with Crippen LogP contribution < -0.4 is 5.32 Å². The maximum Gasteiger partial charge on any atom is 0.409 e. The Morgan fingerprint density at radius 3 is 2.16 bits per heavy atom. The molecule has 0 saturated carbocycles. The fourth-order valence-corrected chi connectivity index (χ4v) is 3.67. The quantitative estimate of drug-likeness (QED) is 0.506. The number of thioether (sulfide) groups is 1. The van der Waals surface area contributed by atoms with Gasteiger partial charge in [0, 0.05) is 22.6 Å². The van der Waals surface area contributed by atoms with Gasteiger partial charge < -0.3 is 10.1 Å². The van der Waals surface area contributed by atoms with Crippen molar-refractivity contribution in [3.63, 3.8) is 0 Å². The van der Waals surface area contributed by atoms with Gasteiger partial charge >= 0.3 is 6.09 Å². The van der Waals surface area contributed by atoms with Crippen molar-refractivity contribution in [2.45, 2.75) is 9.83 Å². The van der Waals surface area contributed by atoms with Gasteiger partial charge in [0.25, 0.3) is 4.93 Å². The van der Waals surface area contributed by atoms with Crippen LogP contribution in [0, 0.1) is 0 Å². The molecule has 0 unspecified atom stereocenters. The van der Waals surface area contributed by atoms with Crippen molar-refractivity contribution in [1.29, 1.82) is 0 Å². The van der Waals surface area contributed by atoms with Crippen molar-refractivity contribution in [2.24, 2.45) is 0 Å². The summed E-state index contributed by atoms with van der Waals surface area (Å²) >= 11 is 0.925. The topological polar surface area (TPSA) is 72.5 Å². The van der Waals surface area contributed by atoms with E-state index in [0.29, 0.717) is 4.90 Å². The standard InChI is InChI=1S/C19H15NO4S/c1-2-12-20-18(23)24-19(25-13-8-4-3-5-9-13)16(21)14-10-6-7-11-15(14)17(19)22/h2-11H,1,12H2,(H,20,23). The Morgan fingerprint density at radius 2 is 1.60 bits per heavy atom. The Hall–Kier alpha value is -2.86. The fraction of sp³-hybridized carbons (Fsp3) is 0.105. The van der Waals surface area contributed by atoms with Crippen molar-refractivity contribution in [1.82, 2.24) is 5.32 Å². The number of Topliss-reactive ketones (excluding diaryl/α,β-unsaturated/α-hetero) is 2. The summed E-state index contributed by atoms with van der Waals surface area (Å²) in [5.41, 5.74) is 0.514. The van der Waals surface area contributed by atoms with E-state index in [-0.39, 0.29) is 17.7 Å². The Labute approximate surface area is 149 Å². The maximum atomic E-state index is 13.0. The first-order valence-electron chi connectivity index (χ1n) is 7.59. The highest BCUT2D eigenvalue weighted by atomic mass is 32.2. The van der Waals surface area contributed by atoms with E-state index < -0.39 is 22.6 Å². The predicted molar refractivity (Wildman–Crippen MR) is 94.8 cm³/mol. The maximum absolute atomic E-state index is 13.0.